The molecule has 0 saturated carbocycles. The van der Waals surface area contributed by atoms with Gasteiger partial charge in [-0.05, 0) is 24.7 Å². The van der Waals surface area contributed by atoms with E-state index in [-0.39, 0.29) is 11.8 Å². The maximum atomic E-state index is 12.3. The van der Waals surface area contributed by atoms with E-state index in [0.717, 1.165) is 11.1 Å². The van der Waals surface area contributed by atoms with Crippen LogP contribution in [0.15, 0.2) is 36.7 Å². The van der Waals surface area contributed by atoms with Crippen molar-refractivity contribution in [1.29, 1.82) is 0 Å². The van der Waals surface area contributed by atoms with Gasteiger partial charge in [0.15, 0.2) is 0 Å². The predicted octanol–water partition coefficient (Wildman–Crippen LogP) is 0.357. The topological polar surface area (TPSA) is 88.1 Å². The number of amides is 2. The third-order valence-corrected chi connectivity index (χ3v) is 3.49. The lowest BCUT2D eigenvalue weighted by atomic mass is 10.1. The fraction of sp³-hybridized carbons (Fsp3) is 0.312. The summed E-state index contributed by atoms with van der Waals surface area (Å²) in [5.41, 5.74) is 2.23. The lowest BCUT2D eigenvalue weighted by Gasteiger charge is -2.14. The van der Waals surface area contributed by atoms with Crippen molar-refractivity contribution in [2.24, 2.45) is 7.05 Å². The molecule has 2 aromatic rings. The van der Waals surface area contributed by atoms with E-state index in [0.29, 0.717) is 12.1 Å². The first-order chi connectivity index (χ1) is 11.0. The lowest BCUT2D eigenvalue weighted by molar-refractivity contribution is -0.123. The Hall–Kier alpha value is -2.67. The zero-order chi connectivity index (χ0) is 16.8. The van der Waals surface area contributed by atoms with Crippen LogP contribution in [0.25, 0.3) is 0 Å². The van der Waals surface area contributed by atoms with E-state index in [4.69, 9.17) is 0 Å². The summed E-state index contributed by atoms with van der Waals surface area (Å²) in [5, 5.41) is 12.5. The molecule has 0 radical (unpaired) electrons. The summed E-state index contributed by atoms with van der Waals surface area (Å²) >= 11 is 0. The predicted molar refractivity (Wildman–Crippen MR) is 86.7 cm³/mol. The molecule has 23 heavy (non-hydrogen) atoms. The molecule has 0 fully saturated rings. The molecule has 7 nitrogen and oxygen atoms in total. The smallest absolute Gasteiger partial charge is 0.251 e. The molecule has 1 heterocycles. The summed E-state index contributed by atoms with van der Waals surface area (Å²) < 4.78 is 1.65. The number of rotatable bonds is 6. The fourth-order valence-electron chi connectivity index (χ4n) is 2.30. The standard InChI is InChI=1S/C16H21N5O2/c1-17-14(13-9-20-21(3)10-13)16(23)19-8-11-5-4-6-12(7-11)15(22)18-2/h4-7,9-10,14,17H,8H2,1-3H3,(H,18,22)(H,19,23). The molecule has 0 bridgehead atoms. The molecule has 122 valence electrons. The summed E-state index contributed by atoms with van der Waals surface area (Å²) in [6, 6.07) is 6.69. The van der Waals surface area contributed by atoms with Gasteiger partial charge >= 0.3 is 0 Å². The lowest BCUT2D eigenvalue weighted by Crippen LogP contribution is -2.35. The Balaban J connectivity index is 2.02. The van der Waals surface area contributed by atoms with Crippen LogP contribution in [0.2, 0.25) is 0 Å². The van der Waals surface area contributed by atoms with Gasteiger partial charge in [-0.15, -0.1) is 0 Å². The molecule has 1 aromatic heterocycles. The van der Waals surface area contributed by atoms with Gasteiger partial charge < -0.3 is 16.0 Å². The average Bonchev–Trinajstić information content (AvgIpc) is 2.99. The molecular weight excluding hydrogens is 294 g/mol. The Morgan fingerprint density at radius 3 is 2.70 bits per heavy atom. The second kappa shape index (κ2) is 7.55. The van der Waals surface area contributed by atoms with E-state index in [1.54, 1.807) is 56.4 Å². The van der Waals surface area contributed by atoms with Crippen LogP contribution in [0.5, 0.6) is 0 Å². The molecule has 7 heteroatoms. The molecule has 1 atom stereocenters. The third kappa shape index (κ3) is 4.17. The van der Waals surface area contributed by atoms with Crippen molar-refractivity contribution in [3.8, 4) is 0 Å². The van der Waals surface area contributed by atoms with Crippen molar-refractivity contribution in [2.45, 2.75) is 12.6 Å². The van der Waals surface area contributed by atoms with E-state index < -0.39 is 6.04 Å². The van der Waals surface area contributed by atoms with E-state index >= 15 is 0 Å². The minimum absolute atomic E-state index is 0.147. The zero-order valence-corrected chi connectivity index (χ0v) is 13.5. The number of hydrogen-bond acceptors (Lipinski definition) is 4. The van der Waals surface area contributed by atoms with Crippen molar-refractivity contribution in [3.05, 3.63) is 53.3 Å². The number of carbonyl (C=O) groups is 2. The zero-order valence-electron chi connectivity index (χ0n) is 13.5. The Morgan fingerprint density at radius 2 is 2.09 bits per heavy atom. The van der Waals surface area contributed by atoms with Gasteiger partial charge in [-0.1, -0.05) is 12.1 Å². The van der Waals surface area contributed by atoms with Gasteiger partial charge in [0.05, 0.1) is 6.20 Å². The first-order valence-corrected chi connectivity index (χ1v) is 7.29. The molecule has 1 unspecified atom stereocenters. The van der Waals surface area contributed by atoms with E-state index in [9.17, 15) is 9.59 Å². The number of aryl methyl sites for hydroxylation is 1. The summed E-state index contributed by atoms with van der Waals surface area (Å²) in [4.78, 5) is 24.0. The molecule has 0 saturated heterocycles. The highest BCUT2D eigenvalue weighted by molar-refractivity contribution is 5.94. The van der Waals surface area contributed by atoms with Crippen molar-refractivity contribution in [1.82, 2.24) is 25.7 Å². The van der Waals surface area contributed by atoms with Crippen molar-refractivity contribution in [3.63, 3.8) is 0 Å². The van der Waals surface area contributed by atoms with Crippen LogP contribution in [0, 0.1) is 0 Å². The van der Waals surface area contributed by atoms with Crippen molar-refractivity contribution < 1.29 is 9.59 Å². The van der Waals surface area contributed by atoms with Gasteiger partial charge in [0.1, 0.15) is 6.04 Å². The molecule has 0 aliphatic heterocycles. The number of benzene rings is 1. The highest BCUT2D eigenvalue weighted by Crippen LogP contribution is 2.12. The second-order valence-corrected chi connectivity index (χ2v) is 5.17. The Bertz CT molecular complexity index is 695. The van der Waals surface area contributed by atoms with Gasteiger partial charge in [-0.3, -0.25) is 14.3 Å². The normalized spacial score (nSPS) is 11.8. The first kappa shape index (κ1) is 16.7. The minimum Gasteiger partial charge on any atom is -0.355 e. The molecular formula is C16H21N5O2. The van der Waals surface area contributed by atoms with Crippen molar-refractivity contribution in [2.75, 3.05) is 14.1 Å². The SMILES string of the molecule is CNC(=O)c1cccc(CNC(=O)C(NC)c2cnn(C)c2)c1. The van der Waals surface area contributed by atoms with Crippen molar-refractivity contribution >= 4 is 11.8 Å². The van der Waals surface area contributed by atoms with Gasteiger partial charge in [0, 0.05) is 38.0 Å². The van der Waals surface area contributed by atoms with Crippen LogP contribution in [0.3, 0.4) is 0 Å². The Kier molecular flexibility index (Phi) is 5.48. The number of nitrogens with one attached hydrogen (secondary N) is 3. The van der Waals surface area contributed by atoms with E-state index in [2.05, 4.69) is 21.0 Å². The number of carbonyl (C=O) groups excluding carboxylic acids is 2. The van der Waals surface area contributed by atoms with E-state index in [1.807, 2.05) is 6.07 Å². The largest absolute Gasteiger partial charge is 0.355 e. The summed E-state index contributed by atoms with van der Waals surface area (Å²) in [6.07, 6.45) is 3.46. The van der Waals surface area contributed by atoms with Gasteiger partial charge in [-0.2, -0.15) is 5.10 Å². The molecule has 2 rings (SSSR count). The molecule has 0 spiro atoms. The summed E-state index contributed by atoms with van der Waals surface area (Å²) in [6.45, 7) is 0.349. The second-order valence-electron chi connectivity index (χ2n) is 5.17. The fourth-order valence-corrected chi connectivity index (χ4v) is 2.30. The van der Waals surface area contributed by atoms with Crippen LogP contribution in [-0.2, 0) is 18.4 Å². The molecule has 0 aliphatic rings. The monoisotopic (exact) mass is 315 g/mol. The highest BCUT2D eigenvalue weighted by Gasteiger charge is 2.19. The van der Waals surface area contributed by atoms with Gasteiger partial charge in [0.25, 0.3) is 5.91 Å². The Morgan fingerprint density at radius 1 is 1.30 bits per heavy atom. The number of likely N-dealkylation sites (N-methyl/N-ethyl adjacent to an activating group) is 1. The molecule has 0 aliphatic carbocycles. The number of aromatic nitrogens is 2. The van der Waals surface area contributed by atoms with Gasteiger partial charge in [-0.25, -0.2) is 0 Å². The van der Waals surface area contributed by atoms with Crippen LogP contribution in [0.4, 0.5) is 0 Å². The maximum absolute atomic E-state index is 12.3. The van der Waals surface area contributed by atoms with E-state index in [1.165, 1.54) is 0 Å². The molecule has 1 aromatic carbocycles. The third-order valence-electron chi connectivity index (χ3n) is 3.49. The van der Waals surface area contributed by atoms with Crippen LogP contribution >= 0.6 is 0 Å². The van der Waals surface area contributed by atoms with Crippen LogP contribution < -0.4 is 16.0 Å². The molecule has 2 amide bonds. The number of hydrogen-bond donors (Lipinski definition) is 3. The Labute approximate surface area is 135 Å². The summed E-state index contributed by atoms with van der Waals surface area (Å²) in [5.74, 6) is -0.299. The van der Waals surface area contributed by atoms with Crippen LogP contribution in [0.1, 0.15) is 27.5 Å². The average molecular weight is 315 g/mol. The first-order valence-electron chi connectivity index (χ1n) is 7.29. The van der Waals surface area contributed by atoms with Gasteiger partial charge in [0.2, 0.25) is 5.91 Å². The van der Waals surface area contributed by atoms with Crippen LogP contribution in [-0.4, -0.2) is 35.7 Å². The molecule has 3 N–H and O–H groups in total. The summed E-state index contributed by atoms with van der Waals surface area (Å²) in [7, 11) is 5.12. The quantitative estimate of drug-likeness (QED) is 0.718. The maximum Gasteiger partial charge on any atom is 0.251 e. The number of nitrogens with zero attached hydrogens (tertiary/aromatic N) is 2. The highest BCUT2D eigenvalue weighted by atomic mass is 16.2. The minimum atomic E-state index is -0.467.